The van der Waals surface area contributed by atoms with Gasteiger partial charge in [-0.05, 0) is 32.0 Å². The van der Waals surface area contributed by atoms with Crippen LogP contribution in [0.25, 0.3) is 21.8 Å². The van der Waals surface area contributed by atoms with Gasteiger partial charge in [0.15, 0.2) is 0 Å². The van der Waals surface area contributed by atoms with Gasteiger partial charge in [0.2, 0.25) is 0 Å². The molecule has 26 heavy (non-hydrogen) atoms. The molecule has 0 saturated carbocycles. The Balaban J connectivity index is 1.97. The fourth-order valence-electron chi connectivity index (χ4n) is 2.80. The maximum absolute atomic E-state index is 12.8. The predicted octanol–water partition coefficient (Wildman–Crippen LogP) is 5.16. The maximum Gasteiger partial charge on any atom is 0.406 e. The van der Waals surface area contributed by atoms with Crippen molar-refractivity contribution < 1.29 is 23.1 Å². The van der Waals surface area contributed by atoms with E-state index in [2.05, 4.69) is 4.98 Å². The van der Waals surface area contributed by atoms with Crippen molar-refractivity contribution in [3.8, 4) is 21.8 Å². The average molecular weight is 380 g/mol. The average Bonchev–Trinajstić information content (AvgIpc) is 3.14. The molecule has 0 aliphatic heterocycles. The van der Waals surface area contributed by atoms with Crippen molar-refractivity contribution in [2.24, 2.45) is 0 Å². The van der Waals surface area contributed by atoms with E-state index in [0.29, 0.717) is 33.2 Å². The number of nitrogens with zero attached hydrogens (tertiary/aromatic N) is 2. The van der Waals surface area contributed by atoms with Crippen LogP contribution in [0, 0.1) is 13.8 Å². The van der Waals surface area contributed by atoms with Crippen molar-refractivity contribution in [2.45, 2.75) is 26.6 Å². The van der Waals surface area contributed by atoms with E-state index in [-0.39, 0.29) is 5.56 Å². The molecule has 0 atom stereocenters. The number of aromatic nitrogens is 2. The third-order valence-corrected chi connectivity index (χ3v) is 4.94. The van der Waals surface area contributed by atoms with Crippen LogP contribution in [0.1, 0.15) is 21.7 Å². The first-order valence-corrected chi connectivity index (χ1v) is 8.57. The number of aromatic carboxylic acids is 1. The summed E-state index contributed by atoms with van der Waals surface area (Å²) in [5.41, 5.74) is 3.04. The second-order valence-electron chi connectivity index (χ2n) is 5.91. The Hall–Kier alpha value is -2.61. The lowest BCUT2D eigenvalue weighted by Gasteiger charge is -2.12. The normalized spacial score (nSPS) is 11.7. The number of alkyl halides is 3. The van der Waals surface area contributed by atoms with E-state index >= 15 is 0 Å². The molecule has 0 saturated heterocycles. The first-order chi connectivity index (χ1) is 12.2. The zero-order valence-corrected chi connectivity index (χ0v) is 14.8. The van der Waals surface area contributed by atoms with Gasteiger partial charge < -0.3 is 9.67 Å². The number of hydrogen-bond acceptors (Lipinski definition) is 3. The summed E-state index contributed by atoms with van der Waals surface area (Å²) in [6.07, 6.45) is -4.30. The zero-order chi connectivity index (χ0) is 19.1. The summed E-state index contributed by atoms with van der Waals surface area (Å²) in [7, 11) is 0. The van der Waals surface area contributed by atoms with Crippen molar-refractivity contribution in [1.29, 1.82) is 0 Å². The van der Waals surface area contributed by atoms with Crippen LogP contribution in [-0.2, 0) is 6.54 Å². The van der Waals surface area contributed by atoms with Crippen molar-refractivity contribution in [2.75, 3.05) is 0 Å². The van der Waals surface area contributed by atoms with Gasteiger partial charge in [-0.1, -0.05) is 12.1 Å². The molecule has 0 bridgehead atoms. The van der Waals surface area contributed by atoms with Crippen LogP contribution in [0.4, 0.5) is 13.2 Å². The molecule has 2 heterocycles. The highest BCUT2D eigenvalue weighted by atomic mass is 32.1. The summed E-state index contributed by atoms with van der Waals surface area (Å²) >= 11 is 1.32. The lowest BCUT2D eigenvalue weighted by molar-refractivity contribution is -0.141. The molecule has 3 aromatic rings. The fraction of sp³-hybridized carbons (Fsp3) is 0.222. The Bertz CT molecular complexity index is 973. The highest BCUT2D eigenvalue weighted by Gasteiger charge is 2.30. The molecule has 1 N–H and O–H groups in total. The number of aryl methyl sites for hydroxylation is 1. The van der Waals surface area contributed by atoms with Crippen molar-refractivity contribution in [3.63, 3.8) is 0 Å². The van der Waals surface area contributed by atoms with E-state index in [9.17, 15) is 18.0 Å². The Kier molecular flexibility index (Phi) is 4.62. The molecule has 8 heteroatoms. The number of rotatable bonds is 4. The standard InChI is InChI=1S/C18H15F3N2O2S/c1-10-6-14(11(2)23(10)9-18(19,20)21)15-8-26-16(22-15)12-4-3-5-13(7-12)17(24)25/h3-8H,9H2,1-2H3,(H,24,25). The van der Waals surface area contributed by atoms with Crippen LogP contribution in [-0.4, -0.2) is 26.8 Å². The SMILES string of the molecule is Cc1cc(-c2csc(-c3cccc(C(=O)O)c3)n2)c(C)n1CC(F)(F)F. The summed E-state index contributed by atoms with van der Waals surface area (Å²) in [5.74, 6) is -1.03. The number of halogens is 3. The molecule has 0 unspecified atom stereocenters. The summed E-state index contributed by atoms with van der Waals surface area (Å²) in [6.45, 7) is 2.23. The molecule has 0 fully saturated rings. The van der Waals surface area contributed by atoms with Gasteiger partial charge in [0, 0.05) is 27.9 Å². The molecule has 0 aliphatic rings. The monoisotopic (exact) mass is 380 g/mol. The second-order valence-corrected chi connectivity index (χ2v) is 6.77. The molecule has 2 aromatic heterocycles. The third-order valence-electron chi connectivity index (χ3n) is 4.05. The highest BCUT2D eigenvalue weighted by molar-refractivity contribution is 7.13. The molecular weight excluding hydrogens is 365 g/mol. The van der Waals surface area contributed by atoms with Gasteiger partial charge in [-0.25, -0.2) is 9.78 Å². The van der Waals surface area contributed by atoms with E-state index in [1.54, 1.807) is 37.4 Å². The molecule has 3 rings (SSSR count). The molecular formula is C18H15F3N2O2S. The lowest BCUT2D eigenvalue weighted by Crippen LogP contribution is -2.19. The van der Waals surface area contributed by atoms with Crippen LogP contribution < -0.4 is 0 Å². The molecule has 4 nitrogen and oxygen atoms in total. The second kappa shape index (κ2) is 6.60. The molecule has 0 aliphatic carbocycles. The van der Waals surface area contributed by atoms with Crippen LogP contribution in [0.15, 0.2) is 35.7 Å². The molecule has 0 amide bonds. The van der Waals surface area contributed by atoms with Crippen LogP contribution >= 0.6 is 11.3 Å². The van der Waals surface area contributed by atoms with E-state index in [0.717, 1.165) is 0 Å². The first-order valence-electron chi connectivity index (χ1n) is 7.69. The van der Waals surface area contributed by atoms with E-state index < -0.39 is 18.7 Å². The molecule has 0 spiro atoms. The van der Waals surface area contributed by atoms with E-state index in [4.69, 9.17) is 5.11 Å². The zero-order valence-electron chi connectivity index (χ0n) is 14.0. The number of hydrogen-bond donors (Lipinski definition) is 1. The Morgan fingerprint density at radius 1 is 1.27 bits per heavy atom. The smallest absolute Gasteiger partial charge is 0.406 e. The lowest BCUT2D eigenvalue weighted by atomic mass is 10.1. The Labute approximate surface area is 151 Å². The van der Waals surface area contributed by atoms with Crippen molar-refractivity contribution in [1.82, 2.24) is 9.55 Å². The minimum atomic E-state index is -4.30. The number of thiazole rings is 1. The molecule has 1 aromatic carbocycles. The molecule has 136 valence electrons. The maximum atomic E-state index is 12.8. The summed E-state index contributed by atoms with van der Waals surface area (Å²) in [4.78, 5) is 15.6. The van der Waals surface area contributed by atoms with Crippen LogP contribution in [0.3, 0.4) is 0 Å². The number of carboxylic acids is 1. The number of benzene rings is 1. The third kappa shape index (κ3) is 3.65. The van der Waals surface area contributed by atoms with Gasteiger partial charge in [-0.15, -0.1) is 11.3 Å². The van der Waals surface area contributed by atoms with Gasteiger partial charge in [0.25, 0.3) is 0 Å². The van der Waals surface area contributed by atoms with Crippen LogP contribution in [0.5, 0.6) is 0 Å². The highest BCUT2D eigenvalue weighted by Crippen LogP contribution is 2.33. The Morgan fingerprint density at radius 3 is 2.65 bits per heavy atom. The molecule has 0 radical (unpaired) electrons. The minimum Gasteiger partial charge on any atom is -0.478 e. The quantitative estimate of drug-likeness (QED) is 0.681. The summed E-state index contributed by atoms with van der Waals surface area (Å²) in [5, 5.41) is 11.5. The van der Waals surface area contributed by atoms with Gasteiger partial charge in [0.1, 0.15) is 11.6 Å². The van der Waals surface area contributed by atoms with Gasteiger partial charge in [-0.3, -0.25) is 0 Å². The van der Waals surface area contributed by atoms with Crippen molar-refractivity contribution in [3.05, 3.63) is 52.7 Å². The summed E-state index contributed by atoms with van der Waals surface area (Å²) in [6, 6.07) is 8.09. The van der Waals surface area contributed by atoms with Gasteiger partial charge >= 0.3 is 12.1 Å². The summed E-state index contributed by atoms with van der Waals surface area (Å²) < 4.78 is 39.5. The number of carboxylic acid groups (broad SMARTS) is 1. The Morgan fingerprint density at radius 2 is 2.00 bits per heavy atom. The van der Waals surface area contributed by atoms with Crippen LogP contribution in [0.2, 0.25) is 0 Å². The first kappa shape index (κ1) is 18.2. The minimum absolute atomic E-state index is 0.155. The van der Waals surface area contributed by atoms with E-state index in [1.807, 2.05) is 0 Å². The largest absolute Gasteiger partial charge is 0.478 e. The topological polar surface area (TPSA) is 55.1 Å². The predicted molar refractivity (Wildman–Crippen MR) is 93.5 cm³/mol. The van der Waals surface area contributed by atoms with E-state index in [1.165, 1.54) is 28.0 Å². The number of carbonyl (C=O) groups is 1. The van der Waals surface area contributed by atoms with Gasteiger partial charge in [-0.2, -0.15) is 13.2 Å². The van der Waals surface area contributed by atoms with Gasteiger partial charge in [0.05, 0.1) is 11.3 Å². The fourth-order valence-corrected chi connectivity index (χ4v) is 3.62. The van der Waals surface area contributed by atoms with Crippen molar-refractivity contribution >= 4 is 17.3 Å².